The van der Waals surface area contributed by atoms with Crippen LogP contribution in [0.4, 0.5) is 0 Å². The van der Waals surface area contributed by atoms with Gasteiger partial charge in [0, 0.05) is 0 Å². The zero-order valence-corrected chi connectivity index (χ0v) is 8.10. The Morgan fingerprint density at radius 1 is 1.38 bits per heavy atom. The van der Waals surface area contributed by atoms with Crippen LogP contribution < -0.4 is 4.18 Å². The van der Waals surface area contributed by atoms with E-state index in [-0.39, 0.29) is 5.75 Å². The van der Waals surface area contributed by atoms with Crippen LogP contribution in [0.1, 0.15) is 11.1 Å². The molecule has 13 heavy (non-hydrogen) atoms. The van der Waals surface area contributed by atoms with Gasteiger partial charge in [-0.05, 0) is 25.0 Å². The maximum Gasteiger partial charge on any atom is 0.309 e. The van der Waals surface area contributed by atoms with Gasteiger partial charge in [0.05, 0.1) is 5.75 Å². The molecule has 2 rings (SSSR count). The van der Waals surface area contributed by atoms with Gasteiger partial charge in [-0.2, -0.15) is 8.42 Å². The highest BCUT2D eigenvalue weighted by Gasteiger charge is 2.21. The van der Waals surface area contributed by atoms with Crippen LogP contribution in [0.3, 0.4) is 0 Å². The lowest BCUT2D eigenvalue weighted by Crippen LogP contribution is -2.21. The molecule has 1 heterocycles. The SMILES string of the molecule is Cc1ccc2c(c1)CCS(=O)(=O)O2. The van der Waals surface area contributed by atoms with Crippen molar-refractivity contribution in [1.29, 1.82) is 0 Å². The smallest absolute Gasteiger partial charge is 0.309 e. The Hall–Kier alpha value is -1.03. The predicted molar refractivity (Wildman–Crippen MR) is 49.3 cm³/mol. The first kappa shape index (κ1) is 8.56. The predicted octanol–water partition coefficient (Wildman–Crippen LogP) is 1.26. The van der Waals surface area contributed by atoms with Gasteiger partial charge in [0.15, 0.2) is 0 Å². The first-order valence-corrected chi connectivity index (χ1v) is 5.66. The highest BCUT2D eigenvalue weighted by atomic mass is 32.2. The summed E-state index contributed by atoms with van der Waals surface area (Å²) >= 11 is 0. The van der Waals surface area contributed by atoms with Crippen molar-refractivity contribution in [2.45, 2.75) is 13.3 Å². The molecule has 0 saturated carbocycles. The lowest BCUT2D eigenvalue weighted by molar-refractivity contribution is 0.473. The van der Waals surface area contributed by atoms with Crippen LogP contribution in [0.15, 0.2) is 18.2 Å². The van der Waals surface area contributed by atoms with Gasteiger partial charge in [0.2, 0.25) is 0 Å². The summed E-state index contributed by atoms with van der Waals surface area (Å²) in [6.07, 6.45) is 0.555. The molecule has 0 N–H and O–H groups in total. The molecule has 0 unspecified atom stereocenters. The molecule has 0 aromatic heterocycles. The molecule has 0 amide bonds. The lowest BCUT2D eigenvalue weighted by Gasteiger charge is -2.16. The van der Waals surface area contributed by atoms with E-state index in [0.29, 0.717) is 12.2 Å². The van der Waals surface area contributed by atoms with Gasteiger partial charge in [0.1, 0.15) is 5.75 Å². The normalized spacial score (nSPS) is 18.8. The fourth-order valence-corrected chi connectivity index (χ4v) is 2.39. The van der Waals surface area contributed by atoms with Crippen LogP contribution in [0.5, 0.6) is 5.75 Å². The third-order valence-corrected chi connectivity index (χ3v) is 3.19. The van der Waals surface area contributed by atoms with Gasteiger partial charge < -0.3 is 4.18 Å². The Morgan fingerprint density at radius 2 is 2.15 bits per heavy atom. The molecule has 0 aliphatic carbocycles. The third-order valence-electron chi connectivity index (χ3n) is 2.05. The van der Waals surface area contributed by atoms with Crippen molar-refractivity contribution in [2.24, 2.45) is 0 Å². The van der Waals surface area contributed by atoms with E-state index in [4.69, 9.17) is 4.18 Å². The molecule has 0 saturated heterocycles. The van der Waals surface area contributed by atoms with Crippen LogP contribution in [-0.4, -0.2) is 14.2 Å². The van der Waals surface area contributed by atoms with Gasteiger partial charge in [-0.15, -0.1) is 0 Å². The van der Waals surface area contributed by atoms with Crippen LogP contribution in [-0.2, 0) is 16.5 Å². The lowest BCUT2D eigenvalue weighted by atomic mass is 10.1. The highest BCUT2D eigenvalue weighted by Crippen LogP contribution is 2.26. The molecule has 0 bridgehead atoms. The molecular formula is C9H10O3S. The molecule has 1 aliphatic rings. The highest BCUT2D eigenvalue weighted by molar-refractivity contribution is 7.87. The van der Waals surface area contributed by atoms with Crippen molar-refractivity contribution in [3.8, 4) is 5.75 Å². The number of fused-ring (bicyclic) bond motifs is 1. The molecule has 0 radical (unpaired) electrons. The Morgan fingerprint density at radius 3 is 2.92 bits per heavy atom. The molecule has 1 aromatic carbocycles. The van der Waals surface area contributed by atoms with Crippen molar-refractivity contribution < 1.29 is 12.6 Å². The molecule has 1 aliphatic heterocycles. The van der Waals surface area contributed by atoms with Gasteiger partial charge in [-0.25, -0.2) is 0 Å². The third kappa shape index (κ3) is 1.67. The summed E-state index contributed by atoms with van der Waals surface area (Å²) in [6.45, 7) is 1.98. The van der Waals surface area contributed by atoms with Gasteiger partial charge in [0.25, 0.3) is 0 Å². The maximum atomic E-state index is 11.1. The molecule has 0 atom stereocenters. The minimum Gasteiger partial charge on any atom is -0.382 e. The summed E-state index contributed by atoms with van der Waals surface area (Å²) in [5.74, 6) is 0.570. The van der Waals surface area contributed by atoms with E-state index in [1.54, 1.807) is 6.07 Å². The van der Waals surface area contributed by atoms with E-state index in [0.717, 1.165) is 11.1 Å². The van der Waals surface area contributed by atoms with Crippen LogP contribution in [0.25, 0.3) is 0 Å². The quantitative estimate of drug-likeness (QED) is 0.589. The molecule has 1 aromatic rings. The summed E-state index contributed by atoms with van der Waals surface area (Å²) in [4.78, 5) is 0. The average molecular weight is 198 g/mol. The largest absolute Gasteiger partial charge is 0.382 e. The second-order valence-electron chi connectivity index (χ2n) is 3.21. The first-order chi connectivity index (χ1) is 6.07. The van der Waals surface area contributed by atoms with E-state index >= 15 is 0 Å². The fraction of sp³-hybridized carbons (Fsp3) is 0.333. The standard InChI is InChI=1S/C9H10O3S/c1-7-2-3-9-8(6-7)4-5-13(10,11)12-9/h2-3,6H,4-5H2,1H3. The van der Waals surface area contributed by atoms with Crippen molar-refractivity contribution in [1.82, 2.24) is 0 Å². The molecular weight excluding hydrogens is 188 g/mol. The Kier molecular flexibility index (Phi) is 1.80. The summed E-state index contributed by atoms with van der Waals surface area (Å²) in [5.41, 5.74) is 2.11. The van der Waals surface area contributed by atoms with Crippen molar-refractivity contribution >= 4 is 10.1 Å². The van der Waals surface area contributed by atoms with Crippen LogP contribution in [0.2, 0.25) is 0 Å². The molecule has 3 nitrogen and oxygen atoms in total. The molecule has 4 heteroatoms. The van der Waals surface area contributed by atoms with E-state index in [2.05, 4.69) is 0 Å². The maximum absolute atomic E-state index is 11.1. The summed E-state index contributed by atoms with van der Waals surface area (Å²) in [5, 5.41) is 0. The summed E-state index contributed by atoms with van der Waals surface area (Å²) < 4.78 is 27.0. The minimum atomic E-state index is -3.31. The van der Waals surface area contributed by atoms with Crippen molar-refractivity contribution in [3.05, 3.63) is 29.3 Å². The van der Waals surface area contributed by atoms with Gasteiger partial charge in [-0.3, -0.25) is 0 Å². The fourth-order valence-electron chi connectivity index (χ4n) is 1.40. The van der Waals surface area contributed by atoms with E-state index in [1.807, 2.05) is 19.1 Å². The van der Waals surface area contributed by atoms with Crippen molar-refractivity contribution in [3.63, 3.8) is 0 Å². The molecule has 70 valence electrons. The summed E-state index contributed by atoms with van der Waals surface area (Å²) in [7, 11) is -3.31. The Labute approximate surface area is 77.5 Å². The zero-order chi connectivity index (χ0) is 9.47. The number of hydrogen-bond donors (Lipinski definition) is 0. The van der Waals surface area contributed by atoms with Gasteiger partial charge in [-0.1, -0.05) is 17.7 Å². The molecule has 0 fully saturated rings. The number of benzene rings is 1. The topological polar surface area (TPSA) is 43.4 Å². The first-order valence-electron chi connectivity index (χ1n) is 4.08. The zero-order valence-electron chi connectivity index (χ0n) is 7.28. The Bertz CT molecular complexity index is 434. The van der Waals surface area contributed by atoms with Crippen LogP contribution in [0, 0.1) is 6.92 Å². The average Bonchev–Trinajstić information content (AvgIpc) is 2.05. The molecule has 0 spiro atoms. The number of hydrogen-bond acceptors (Lipinski definition) is 3. The second kappa shape index (κ2) is 2.73. The van der Waals surface area contributed by atoms with Crippen molar-refractivity contribution in [2.75, 3.05) is 5.75 Å². The Balaban J connectivity index is 2.48. The number of aryl methyl sites for hydroxylation is 2. The van der Waals surface area contributed by atoms with Crippen LogP contribution >= 0.6 is 0 Å². The second-order valence-corrected chi connectivity index (χ2v) is 4.90. The minimum absolute atomic E-state index is 0.0868. The van der Waals surface area contributed by atoms with E-state index in [9.17, 15) is 8.42 Å². The van der Waals surface area contributed by atoms with E-state index in [1.165, 1.54) is 0 Å². The van der Waals surface area contributed by atoms with E-state index < -0.39 is 10.1 Å². The number of rotatable bonds is 0. The van der Waals surface area contributed by atoms with Gasteiger partial charge >= 0.3 is 10.1 Å². The monoisotopic (exact) mass is 198 g/mol. The summed E-state index contributed by atoms with van der Waals surface area (Å²) in [6, 6.07) is 5.52.